The molecule has 2 N–H and O–H groups in total. The van der Waals surface area contributed by atoms with E-state index in [0.717, 1.165) is 45.3 Å². The van der Waals surface area contributed by atoms with Crippen LogP contribution in [0.15, 0.2) is 29.3 Å². The second kappa shape index (κ2) is 7.60. The molecule has 3 rings (SSSR count). The van der Waals surface area contributed by atoms with E-state index >= 15 is 0 Å². The number of hydrogen-bond acceptors (Lipinski definition) is 5. The van der Waals surface area contributed by atoms with Gasteiger partial charge >= 0.3 is 0 Å². The first-order valence-electron chi connectivity index (χ1n) is 9.78. The first-order chi connectivity index (χ1) is 12.7. The van der Waals surface area contributed by atoms with E-state index in [4.69, 9.17) is 0 Å². The molecule has 1 saturated heterocycles. The summed E-state index contributed by atoms with van der Waals surface area (Å²) in [5.74, 6) is 0.720. The molecule has 6 nitrogen and oxygen atoms in total. The van der Waals surface area contributed by atoms with Gasteiger partial charge in [-0.15, -0.1) is 0 Å². The van der Waals surface area contributed by atoms with Gasteiger partial charge < -0.3 is 10.0 Å². The van der Waals surface area contributed by atoms with Crippen molar-refractivity contribution < 1.29 is 9.90 Å². The van der Waals surface area contributed by atoms with Gasteiger partial charge in [-0.3, -0.25) is 15.0 Å². The summed E-state index contributed by atoms with van der Waals surface area (Å²) < 4.78 is 0. The van der Waals surface area contributed by atoms with Gasteiger partial charge in [0.15, 0.2) is 0 Å². The highest BCUT2D eigenvalue weighted by Gasteiger charge is 2.46. The van der Waals surface area contributed by atoms with E-state index in [0.29, 0.717) is 5.96 Å². The highest BCUT2D eigenvalue weighted by Crippen LogP contribution is 2.30. The summed E-state index contributed by atoms with van der Waals surface area (Å²) >= 11 is 0. The van der Waals surface area contributed by atoms with Gasteiger partial charge in [-0.25, -0.2) is 4.99 Å². The summed E-state index contributed by atoms with van der Waals surface area (Å²) in [5.41, 5.74) is 1.35. The number of carbonyl (C=O) groups is 1. The number of piperidine rings is 1. The standard InChI is InChI=1S/C21H32N4O2/c1-20(2,27)10-9-16-5-7-17(8-6-16)15-25-13-11-21(12-14-25)18(26)22-19(23-21)24(3)4/h5-8,27H,9-15H2,1-4H3,(H,22,23,26). The molecule has 2 heterocycles. The van der Waals surface area contributed by atoms with Crippen LogP contribution in [0.1, 0.15) is 44.2 Å². The number of nitrogens with one attached hydrogen (secondary N) is 1. The van der Waals surface area contributed by atoms with Crippen molar-refractivity contribution in [3.63, 3.8) is 0 Å². The van der Waals surface area contributed by atoms with Crippen molar-refractivity contribution in [1.29, 1.82) is 0 Å². The molecule has 1 amide bonds. The van der Waals surface area contributed by atoms with Crippen molar-refractivity contribution in [3.05, 3.63) is 35.4 Å². The number of aliphatic imine (C=N–C) groups is 1. The summed E-state index contributed by atoms with van der Waals surface area (Å²) in [6.45, 7) is 6.34. The Morgan fingerprint density at radius 2 is 1.78 bits per heavy atom. The first kappa shape index (κ1) is 19.8. The van der Waals surface area contributed by atoms with Crippen LogP contribution in [0.4, 0.5) is 0 Å². The summed E-state index contributed by atoms with van der Waals surface area (Å²) in [7, 11) is 3.80. The Balaban J connectivity index is 1.53. The monoisotopic (exact) mass is 372 g/mol. The van der Waals surface area contributed by atoms with Crippen molar-refractivity contribution in [3.8, 4) is 0 Å². The van der Waals surface area contributed by atoms with Crippen LogP contribution in [0.2, 0.25) is 0 Å². The third-order valence-corrected chi connectivity index (χ3v) is 5.53. The zero-order chi connectivity index (χ0) is 19.7. The average molecular weight is 373 g/mol. The zero-order valence-corrected chi connectivity index (χ0v) is 17.0. The maximum Gasteiger partial charge on any atom is 0.254 e. The first-order valence-corrected chi connectivity index (χ1v) is 9.78. The molecule has 2 aliphatic rings. The Hall–Kier alpha value is -1.92. The van der Waals surface area contributed by atoms with E-state index in [1.165, 1.54) is 11.1 Å². The fourth-order valence-corrected chi connectivity index (χ4v) is 3.65. The normalized spacial score (nSPS) is 19.9. The van der Waals surface area contributed by atoms with Gasteiger partial charge in [0.2, 0.25) is 5.96 Å². The van der Waals surface area contributed by atoms with Crippen molar-refractivity contribution >= 4 is 11.9 Å². The molecule has 0 radical (unpaired) electrons. The SMILES string of the molecule is CN(C)C1=NC2(CCN(Cc3ccc(CCC(C)(C)O)cc3)CC2)C(=O)N1. The number of carbonyl (C=O) groups excluding carboxylic acids is 1. The lowest BCUT2D eigenvalue weighted by Crippen LogP contribution is -2.49. The summed E-state index contributed by atoms with van der Waals surface area (Å²) in [6.07, 6.45) is 3.18. The van der Waals surface area contributed by atoms with Gasteiger partial charge in [-0.2, -0.15) is 0 Å². The van der Waals surface area contributed by atoms with Gasteiger partial charge in [0.05, 0.1) is 5.60 Å². The molecular formula is C21H32N4O2. The van der Waals surface area contributed by atoms with Crippen molar-refractivity contribution in [2.45, 2.75) is 57.2 Å². The molecule has 0 aliphatic carbocycles. The molecule has 2 aliphatic heterocycles. The third kappa shape index (κ3) is 4.87. The number of aryl methyl sites for hydroxylation is 1. The fraction of sp³-hybridized carbons (Fsp3) is 0.619. The molecule has 0 aromatic heterocycles. The van der Waals surface area contributed by atoms with E-state index in [-0.39, 0.29) is 5.91 Å². The lowest BCUT2D eigenvalue weighted by Gasteiger charge is -2.35. The van der Waals surface area contributed by atoms with E-state index in [1.54, 1.807) is 0 Å². The molecule has 1 fully saturated rings. The van der Waals surface area contributed by atoms with Crippen LogP contribution in [0.25, 0.3) is 0 Å². The number of benzene rings is 1. The lowest BCUT2D eigenvalue weighted by molar-refractivity contribution is -0.125. The van der Waals surface area contributed by atoms with Gasteiger partial charge in [0.25, 0.3) is 5.91 Å². The largest absolute Gasteiger partial charge is 0.390 e. The summed E-state index contributed by atoms with van der Waals surface area (Å²) in [4.78, 5) is 21.4. The zero-order valence-electron chi connectivity index (χ0n) is 17.0. The van der Waals surface area contributed by atoms with E-state index in [2.05, 4.69) is 39.5 Å². The smallest absolute Gasteiger partial charge is 0.254 e. The van der Waals surface area contributed by atoms with Gasteiger partial charge in [-0.1, -0.05) is 24.3 Å². The number of guanidine groups is 1. The molecule has 6 heteroatoms. The van der Waals surface area contributed by atoms with Gasteiger partial charge in [0.1, 0.15) is 5.54 Å². The van der Waals surface area contributed by atoms with Crippen LogP contribution in [0.5, 0.6) is 0 Å². The second-order valence-electron chi connectivity index (χ2n) is 8.72. The number of hydrogen-bond donors (Lipinski definition) is 2. The predicted octanol–water partition coefficient (Wildman–Crippen LogP) is 1.77. The number of likely N-dealkylation sites (tertiary alicyclic amines) is 1. The lowest BCUT2D eigenvalue weighted by atomic mass is 9.88. The Bertz CT molecular complexity index is 696. The maximum absolute atomic E-state index is 12.4. The van der Waals surface area contributed by atoms with Crippen molar-refractivity contribution in [2.75, 3.05) is 27.2 Å². The van der Waals surface area contributed by atoms with Crippen LogP contribution in [0, 0.1) is 0 Å². The molecule has 27 heavy (non-hydrogen) atoms. The van der Waals surface area contributed by atoms with E-state index in [9.17, 15) is 9.90 Å². The minimum Gasteiger partial charge on any atom is -0.390 e. The molecule has 1 aromatic carbocycles. The van der Waals surface area contributed by atoms with E-state index < -0.39 is 11.1 Å². The quantitative estimate of drug-likeness (QED) is 0.827. The van der Waals surface area contributed by atoms with Crippen LogP contribution < -0.4 is 5.32 Å². The number of amides is 1. The van der Waals surface area contributed by atoms with Crippen LogP contribution in [-0.2, 0) is 17.8 Å². The molecule has 1 spiro atoms. The molecule has 0 atom stereocenters. The fourth-order valence-electron chi connectivity index (χ4n) is 3.65. The number of nitrogens with zero attached hydrogens (tertiary/aromatic N) is 3. The Morgan fingerprint density at radius 3 is 2.30 bits per heavy atom. The highest BCUT2D eigenvalue weighted by atomic mass is 16.3. The Labute approximate surface area is 162 Å². The number of aliphatic hydroxyl groups is 1. The average Bonchev–Trinajstić information content (AvgIpc) is 2.93. The minimum absolute atomic E-state index is 0.0435. The van der Waals surface area contributed by atoms with Crippen LogP contribution in [0.3, 0.4) is 0 Å². The second-order valence-corrected chi connectivity index (χ2v) is 8.72. The molecule has 148 valence electrons. The third-order valence-electron chi connectivity index (χ3n) is 5.53. The highest BCUT2D eigenvalue weighted by molar-refractivity contribution is 6.07. The topological polar surface area (TPSA) is 68.2 Å². The van der Waals surface area contributed by atoms with Crippen molar-refractivity contribution in [2.24, 2.45) is 4.99 Å². The van der Waals surface area contributed by atoms with Crippen molar-refractivity contribution in [1.82, 2.24) is 15.1 Å². The molecule has 1 aromatic rings. The Kier molecular flexibility index (Phi) is 5.58. The maximum atomic E-state index is 12.4. The Morgan fingerprint density at radius 1 is 1.19 bits per heavy atom. The molecule has 0 saturated carbocycles. The summed E-state index contributed by atoms with van der Waals surface area (Å²) in [6, 6.07) is 8.67. The molecule has 0 unspecified atom stereocenters. The number of rotatable bonds is 5. The molecular weight excluding hydrogens is 340 g/mol. The molecule has 0 bridgehead atoms. The van der Waals surface area contributed by atoms with E-state index in [1.807, 2.05) is 32.8 Å². The summed E-state index contributed by atoms with van der Waals surface area (Å²) in [5, 5.41) is 12.8. The minimum atomic E-state index is -0.621. The van der Waals surface area contributed by atoms with Gasteiger partial charge in [-0.05, 0) is 50.7 Å². The predicted molar refractivity (Wildman–Crippen MR) is 108 cm³/mol. The van der Waals surface area contributed by atoms with Crippen LogP contribution in [-0.4, -0.2) is 65.1 Å². The van der Waals surface area contributed by atoms with Gasteiger partial charge in [0, 0.05) is 33.7 Å². The van der Waals surface area contributed by atoms with Crippen LogP contribution >= 0.6 is 0 Å².